The average Bonchev–Trinajstić information content (AvgIpc) is 2.76. The Bertz CT molecular complexity index is 609. The number of nitrogens with zero attached hydrogens (tertiary/aromatic N) is 2. The topological polar surface area (TPSA) is 81.4 Å². The average molecular weight is 270 g/mol. The molecule has 18 heavy (non-hydrogen) atoms. The van der Waals surface area contributed by atoms with Gasteiger partial charge < -0.3 is 5.11 Å². The van der Waals surface area contributed by atoms with Gasteiger partial charge in [-0.05, 0) is 18.6 Å². The first-order valence-electron chi connectivity index (χ1n) is 5.33. The SMILES string of the molecule is N#Cc1c(F)cccc1S(=O)(=O)N1CCC(O)C1. The fraction of sp³-hybridized carbons (Fsp3) is 0.364. The molecule has 96 valence electrons. The minimum atomic E-state index is -3.93. The lowest BCUT2D eigenvalue weighted by Gasteiger charge is -2.16. The van der Waals surface area contributed by atoms with Crippen molar-refractivity contribution in [2.24, 2.45) is 0 Å². The Hall–Kier alpha value is -1.49. The van der Waals surface area contributed by atoms with Crippen molar-refractivity contribution in [1.82, 2.24) is 4.31 Å². The standard InChI is InChI=1S/C11H11FN2O3S/c12-10-2-1-3-11(9(10)6-13)18(16,17)14-5-4-8(15)7-14/h1-3,8,15H,4-5,7H2. The highest BCUT2D eigenvalue weighted by molar-refractivity contribution is 7.89. The molecule has 7 heteroatoms. The summed E-state index contributed by atoms with van der Waals surface area (Å²) in [6.07, 6.45) is -0.366. The molecule has 0 spiro atoms. The highest BCUT2D eigenvalue weighted by Gasteiger charge is 2.33. The summed E-state index contributed by atoms with van der Waals surface area (Å²) in [5.41, 5.74) is -0.487. The van der Waals surface area contributed by atoms with Gasteiger partial charge in [0.15, 0.2) is 0 Å². The van der Waals surface area contributed by atoms with Crippen molar-refractivity contribution >= 4 is 10.0 Å². The van der Waals surface area contributed by atoms with Crippen molar-refractivity contribution in [1.29, 1.82) is 5.26 Å². The lowest BCUT2D eigenvalue weighted by Crippen LogP contribution is -2.30. The molecule has 0 radical (unpaired) electrons. The van der Waals surface area contributed by atoms with E-state index in [4.69, 9.17) is 5.26 Å². The number of aliphatic hydroxyl groups is 1. The van der Waals surface area contributed by atoms with Crippen molar-refractivity contribution in [2.45, 2.75) is 17.4 Å². The summed E-state index contributed by atoms with van der Waals surface area (Å²) >= 11 is 0. The van der Waals surface area contributed by atoms with Crippen LogP contribution in [0.25, 0.3) is 0 Å². The number of hydrogen-bond acceptors (Lipinski definition) is 4. The van der Waals surface area contributed by atoms with Gasteiger partial charge in [0.1, 0.15) is 22.3 Å². The number of aliphatic hydroxyl groups excluding tert-OH is 1. The number of hydrogen-bond donors (Lipinski definition) is 1. The van der Waals surface area contributed by atoms with Crippen LogP contribution in [0.4, 0.5) is 4.39 Å². The molecule has 1 aromatic carbocycles. The van der Waals surface area contributed by atoms with E-state index in [-0.39, 0.29) is 18.0 Å². The highest BCUT2D eigenvalue weighted by Crippen LogP contribution is 2.25. The van der Waals surface area contributed by atoms with Crippen LogP contribution in [-0.4, -0.2) is 37.0 Å². The largest absolute Gasteiger partial charge is 0.392 e. The molecule has 1 N–H and O–H groups in total. The van der Waals surface area contributed by atoms with Gasteiger partial charge in [-0.1, -0.05) is 6.07 Å². The van der Waals surface area contributed by atoms with Crippen LogP contribution in [0, 0.1) is 17.1 Å². The number of benzene rings is 1. The van der Waals surface area contributed by atoms with Gasteiger partial charge in [-0.3, -0.25) is 0 Å². The molecule has 1 aromatic rings. The normalized spacial score (nSPS) is 20.8. The molecule has 2 rings (SSSR count). The summed E-state index contributed by atoms with van der Waals surface area (Å²) < 4.78 is 38.9. The smallest absolute Gasteiger partial charge is 0.244 e. The van der Waals surface area contributed by atoms with Crippen LogP contribution >= 0.6 is 0 Å². The highest BCUT2D eigenvalue weighted by atomic mass is 32.2. The van der Waals surface area contributed by atoms with E-state index < -0.39 is 27.5 Å². The van der Waals surface area contributed by atoms with Gasteiger partial charge in [-0.2, -0.15) is 9.57 Å². The molecular formula is C11H11FN2O3S. The van der Waals surface area contributed by atoms with Crippen molar-refractivity contribution in [2.75, 3.05) is 13.1 Å². The molecule has 0 aliphatic carbocycles. The number of rotatable bonds is 2. The third-order valence-electron chi connectivity index (χ3n) is 2.83. The first-order valence-corrected chi connectivity index (χ1v) is 6.77. The molecule has 1 atom stereocenters. The van der Waals surface area contributed by atoms with Crippen LogP contribution in [0.15, 0.2) is 23.1 Å². The Balaban J connectivity index is 2.49. The maximum atomic E-state index is 13.4. The lowest BCUT2D eigenvalue weighted by atomic mass is 10.2. The third-order valence-corrected chi connectivity index (χ3v) is 4.74. The van der Waals surface area contributed by atoms with Crippen molar-refractivity contribution < 1.29 is 17.9 Å². The molecule has 0 amide bonds. The Kier molecular flexibility index (Phi) is 3.34. The second-order valence-corrected chi connectivity index (χ2v) is 5.94. The van der Waals surface area contributed by atoms with Crippen LogP contribution < -0.4 is 0 Å². The fourth-order valence-electron chi connectivity index (χ4n) is 1.90. The molecular weight excluding hydrogens is 259 g/mol. The summed E-state index contributed by atoms with van der Waals surface area (Å²) in [7, 11) is -3.93. The van der Waals surface area contributed by atoms with Gasteiger partial charge in [0.25, 0.3) is 0 Å². The molecule has 0 bridgehead atoms. The summed E-state index contributed by atoms with van der Waals surface area (Å²) in [5.74, 6) is -0.863. The first kappa shape index (κ1) is 13.0. The van der Waals surface area contributed by atoms with Crippen molar-refractivity contribution in [3.8, 4) is 6.07 Å². The van der Waals surface area contributed by atoms with E-state index in [0.29, 0.717) is 6.42 Å². The van der Waals surface area contributed by atoms with Crippen molar-refractivity contribution in [3.63, 3.8) is 0 Å². The predicted molar refractivity (Wildman–Crippen MR) is 60.5 cm³/mol. The zero-order valence-corrected chi connectivity index (χ0v) is 10.2. The minimum absolute atomic E-state index is 0.0241. The predicted octanol–water partition coefficient (Wildman–Crippen LogP) is 0.453. The minimum Gasteiger partial charge on any atom is -0.392 e. The third kappa shape index (κ3) is 2.10. The molecule has 1 unspecified atom stereocenters. The maximum Gasteiger partial charge on any atom is 0.244 e. The lowest BCUT2D eigenvalue weighted by molar-refractivity contribution is 0.189. The molecule has 5 nitrogen and oxygen atoms in total. The van der Waals surface area contributed by atoms with E-state index in [1.807, 2.05) is 0 Å². The van der Waals surface area contributed by atoms with Gasteiger partial charge in [-0.15, -0.1) is 0 Å². The van der Waals surface area contributed by atoms with Crippen LogP contribution in [0.3, 0.4) is 0 Å². The molecule has 0 saturated carbocycles. The number of halogens is 1. The number of sulfonamides is 1. The van der Waals surface area contributed by atoms with Crippen molar-refractivity contribution in [3.05, 3.63) is 29.6 Å². The summed E-state index contributed by atoms with van der Waals surface area (Å²) in [6.45, 7) is 0.147. The van der Waals surface area contributed by atoms with E-state index in [2.05, 4.69) is 0 Å². The summed E-state index contributed by atoms with van der Waals surface area (Å²) in [5, 5.41) is 18.2. The van der Waals surface area contributed by atoms with E-state index in [0.717, 1.165) is 10.4 Å². The molecule has 1 aliphatic heterocycles. The molecule has 1 heterocycles. The zero-order chi connectivity index (χ0) is 13.3. The number of β-amino-alcohol motifs (C(OH)–C–C–N with tert-alkyl or cyclic N) is 1. The zero-order valence-electron chi connectivity index (χ0n) is 9.38. The summed E-state index contributed by atoms with van der Waals surface area (Å²) in [6, 6.07) is 5.04. The van der Waals surface area contributed by atoms with E-state index in [9.17, 15) is 17.9 Å². The second-order valence-electron chi connectivity index (χ2n) is 4.03. The van der Waals surface area contributed by atoms with Crippen LogP contribution in [0.2, 0.25) is 0 Å². The first-order chi connectivity index (χ1) is 8.46. The quantitative estimate of drug-likeness (QED) is 0.846. The van der Waals surface area contributed by atoms with Gasteiger partial charge >= 0.3 is 0 Å². The van der Waals surface area contributed by atoms with E-state index >= 15 is 0 Å². The molecule has 1 saturated heterocycles. The van der Waals surface area contributed by atoms with Gasteiger partial charge in [-0.25, -0.2) is 12.8 Å². The maximum absolute atomic E-state index is 13.4. The van der Waals surface area contributed by atoms with Gasteiger partial charge in [0.2, 0.25) is 10.0 Å². The Morgan fingerprint density at radius 1 is 1.50 bits per heavy atom. The fourth-order valence-corrected chi connectivity index (χ4v) is 3.54. The monoisotopic (exact) mass is 270 g/mol. The van der Waals surface area contributed by atoms with Crippen LogP contribution in [0.1, 0.15) is 12.0 Å². The van der Waals surface area contributed by atoms with E-state index in [1.54, 1.807) is 6.07 Å². The Morgan fingerprint density at radius 2 is 2.22 bits per heavy atom. The molecule has 0 aromatic heterocycles. The Labute approximate surface area is 104 Å². The van der Waals surface area contributed by atoms with Gasteiger partial charge in [0.05, 0.1) is 6.10 Å². The molecule has 1 aliphatic rings. The van der Waals surface area contributed by atoms with Crippen LogP contribution in [0.5, 0.6) is 0 Å². The van der Waals surface area contributed by atoms with E-state index in [1.165, 1.54) is 12.1 Å². The second kappa shape index (κ2) is 4.65. The molecule has 1 fully saturated rings. The Morgan fingerprint density at radius 3 is 2.78 bits per heavy atom. The number of nitriles is 1. The van der Waals surface area contributed by atoms with Gasteiger partial charge in [0, 0.05) is 13.1 Å². The van der Waals surface area contributed by atoms with Crippen LogP contribution in [-0.2, 0) is 10.0 Å². The summed E-state index contributed by atoms with van der Waals surface area (Å²) in [4.78, 5) is -0.348.